The van der Waals surface area contributed by atoms with E-state index in [9.17, 15) is 0 Å². The molecule has 0 unspecified atom stereocenters. The van der Waals surface area contributed by atoms with Crippen LogP contribution in [0.3, 0.4) is 0 Å². The molecule has 0 saturated heterocycles. The summed E-state index contributed by atoms with van der Waals surface area (Å²) in [5.41, 5.74) is 0.726. The van der Waals surface area contributed by atoms with Crippen LogP contribution in [0.15, 0.2) is 28.9 Å². The Morgan fingerprint density at radius 2 is 1.77 bits per heavy atom. The van der Waals surface area contributed by atoms with Gasteiger partial charge in [0.15, 0.2) is 0 Å². The van der Waals surface area contributed by atoms with Crippen molar-refractivity contribution in [2.24, 2.45) is 0 Å². The first-order valence-corrected chi connectivity index (χ1v) is 5.13. The predicted octanol–water partition coefficient (Wildman–Crippen LogP) is 4.30. The van der Waals surface area contributed by atoms with Crippen molar-refractivity contribution in [3.63, 3.8) is 0 Å². The molecular formula is C9H4BrCl2N. The molecule has 66 valence electrons. The van der Waals surface area contributed by atoms with E-state index in [4.69, 9.17) is 23.2 Å². The Morgan fingerprint density at radius 3 is 2.54 bits per heavy atom. The number of nitrogens with zero attached hydrogens (tertiary/aromatic N) is 1. The molecule has 0 radical (unpaired) electrons. The molecule has 2 rings (SSSR count). The first-order chi connectivity index (χ1) is 6.18. The fourth-order valence-electron chi connectivity index (χ4n) is 1.11. The number of halogens is 3. The lowest BCUT2D eigenvalue weighted by atomic mass is 10.2. The summed E-state index contributed by atoms with van der Waals surface area (Å²) in [4.78, 5) is 4.24. The van der Waals surface area contributed by atoms with Crippen molar-refractivity contribution in [1.82, 2.24) is 4.98 Å². The minimum atomic E-state index is 0.500. The molecule has 0 fully saturated rings. The summed E-state index contributed by atoms with van der Waals surface area (Å²) in [5, 5.41) is 2.01. The van der Waals surface area contributed by atoms with Gasteiger partial charge in [0, 0.05) is 5.39 Å². The van der Waals surface area contributed by atoms with Gasteiger partial charge in [0.25, 0.3) is 0 Å². The van der Waals surface area contributed by atoms with Gasteiger partial charge in [-0.15, -0.1) is 0 Å². The van der Waals surface area contributed by atoms with Gasteiger partial charge in [-0.05, 0) is 28.1 Å². The van der Waals surface area contributed by atoms with Crippen molar-refractivity contribution in [2.45, 2.75) is 0 Å². The molecule has 1 heterocycles. The molecule has 1 nitrogen and oxygen atoms in total. The highest BCUT2D eigenvalue weighted by Gasteiger charge is 2.04. The van der Waals surface area contributed by atoms with Crippen LogP contribution < -0.4 is 0 Å². The second-order valence-corrected chi connectivity index (χ2v) is 4.16. The number of aromatic nitrogens is 1. The van der Waals surface area contributed by atoms with Crippen molar-refractivity contribution in [2.75, 3.05) is 0 Å². The van der Waals surface area contributed by atoms with Gasteiger partial charge in [-0.2, -0.15) is 0 Å². The van der Waals surface area contributed by atoms with Crippen LogP contribution in [0.25, 0.3) is 10.9 Å². The zero-order valence-corrected chi connectivity index (χ0v) is 9.49. The lowest BCUT2D eigenvalue weighted by Gasteiger charge is -2.01. The van der Waals surface area contributed by atoms with Crippen LogP contribution in [0.4, 0.5) is 0 Å². The van der Waals surface area contributed by atoms with Gasteiger partial charge < -0.3 is 0 Å². The number of hydrogen-bond acceptors (Lipinski definition) is 1. The minimum absolute atomic E-state index is 0.500. The van der Waals surface area contributed by atoms with Crippen LogP contribution >= 0.6 is 39.1 Å². The zero-order valence-electron chi connectivity index (χ0n) is 6.39. The lowest BCUT2D eigenvalue weighted by Crippen LogP contribution is -1.81. The first kappa shape index (κ1) is 9.25. The van der Waals surface area contributed by atoms with Gasteiger partial charge >= 0.3 is 0 Å². The van der Waals surface area contributed by atoms with Crippen LogP contribution in [0.5, 0.6) is 0 Å². The molecule has 0 aliphatic rings. The molecule has 0 saturated carbocycles. The fourth-order valence-corrected chi connectivity index (χ4v) is 1.78. The average Bonchev–Trinajstić information content (AvgIpc) is 2.12. The second-order valence-electron chi connectivity index (χ2n) is 2.57. The normalized spacial score (nSPS) is 10.7. The molecule has 0 bridgehead atoms. The average molecular weight is 277 g/mol. The molecule has 0 atom stereocenters. The summed E-state index contributed by atoms with van der Waals surface area (Å²) in [6, 6.07) is 7.46. The maximum atomic E-state index is 5.98. The number of rotatable bonds is 0. The molecule has 13 heavy (non-hydrogen) atoms. The predicted molar refractivity (Wildman–Crippen MR) is 59.5 cm³/mol. The Kier molecular flexibility index (Phi) is 2.45. The van der Waals surface area contributed by atoms with Gasteiger partial charge in [0.2, 0.25) is 0 Å². The highest BCUT2D eigenvalue weighted by atomic mass is 79.9. The van der Waals surface area contributed by atoms with E-state index >= 15 is 0 Å². The Labute approximate surface area is 93.8 Å². The highest BCUT2D eigenvalue weighted by molar-refractivity contribution is 9.10. The van der Waals surface area contributed by atoms with Gasteiger partial charge in [-0.1, -0.05) is 35.3 Å². The van der Waals surface area contributed by atoms with Crippen LogP contribution in [0.1, 0.15) is 0 Å². The summed E-state index contributed by atoms with van der Waals surface area (Å²) in [6.45, 7) is 0. The first-order valence-electron chi connectivity index (χ1n) is 3.59. The molecule has 2 aromatic rings. The van der Waals surface area contributed by atoms with Crippen molar-refractivity contribution in [1.29, 1.82) is 0 Å². The Balaban J connectivity index is 2.89. The molecule has 4 heteroatoms. The molecular weight excluding hydrogens is 273 g/mol. The van der Waals surface area contributed by atoms with Crippen LogP contribution in [0, 0.1) is 0 Å². The van der Waals surface area contributed by atoms with Crippen molar-refractivity contribution in [3.05, 3.63) is 38.9 Å². The number of pyridine rings is 1. The van der Waals surface area contributed by atoms with Gasteiger partial charge in [0.1, 0.15) is 4.60 Å². The number of hydrogen-bond donors (Lipinski definition) is 0. The summed E-state index contributed by atoms with van der Waals surface area (Å²) < 4.78 is 0.754. The third-order valence-electron chi connectivity index (χ3n) is 1.72. The lowest BCUT2D eigenvalue weighted by molar-refractivity contribution is 1.35. The maximum absolute atomic E-state index is 5.98. The summed E-state index contributed by atoms with van der Waals surface area (Å²) in [6.07, 6.45) is 0. The SMILES string of the molecule is Clc1ccc2ccc(Br)nc2c1Cl. The minimum Gasteiger partial charge on any atom is -0.239 e. The monoisotopic (exact) mass is 275 g/mol. The Hall–Kier alpha value is -0.310. The third-order valence-corrected chi connectivity index (χ3v) is 2.96. The van der Waals surface area contributed by atoms with E-state index in [2.05, 4.69) is 20.9 Å². The molecule has 0 amide bonds. The van der Waals surface area contributed by atoms with E-state index < -0.39 is 0 Å². The molecule has 1 aromatic heterocycles. The summed E-state index contributed by atoms with van der Waals surface area (Å²) >= 11 is 15.1. The molecule has 0 N–H and O–H groups in total. The van der Waals surface area contributed by atoms with E-state index in [1.165, 1.54) is 0 Å². The number of benzene rings is 1. The van der Waals surface area contributed by atoms with Crippen molar-refractivity contribution >= 4 is 50.0 Å². The van der Waals surface area contributed by atoms with Crippen LogP contribution in [-0.4, -0.2) is 4.98 Å². The Morgan fingerprint density at radius 1 is 1.08 bits per heavy atom. The van der Waals surface area contributed by atoms with Gasteiger partial charge in [-0.25, -0.2) is 4.98 Å². The fraction of sp³-hybridized carbons (Fsp3) is 0. The van der Waals surface area contributed by atoms with E-state index in [-0.39, 0.29) is 0 Å². The van der Waals surface area contributed by atoms with Crippen LogP contribution in [-0.2, 0) is 0 Å². The quantitative estimate of drug-likeness (QED) is 0.654. The summed E-state index contributed by atoms with van der Waals surface area (Å²) in [5.74, 6) is 0. The van der Waals surface area contributed by atoms with E-state index in [0.717, 1.165) is 15.5 Å². The molecule has 0 spiro atoms. The standard InChI is InChI=1S/C9H4BrCl2N/c10-7-4-2-5-1-3-6(11)8(12)9(5)13-7/h1-4H. The molecule has 0 aliphatic carbocycles. The van der Waals surface area contributed by atoms with Gasteiger partial charge in [-0.3, -0.25) is 0 Å². The molecule has 0 aliphatic heterocycles. The van der Waals surface area contributed by atoms with E-state index in [1.807, 2.05) is 18.2 Å². The highest BCUT2D eigenvalue weighted by Crippen LogP contribution is 2.30. The van der Waals surface area contributed by atoms with E-state index in [1.54, 1.807) is 6.07 Å². The third kappa shape index (κ3) is 1.66. The smallest absolute Gasteiger partial charge is 0.106 e. The Bertz CT molecular complexity index is 465. The van der Waals surface area contributed by atoms with Crippen molar-refractivity contribution < 1.29 is 0 Å². The zero-order chi connectivity index (χ0) is 9.42. The van der Waals surface area contributed by atoms with Crippen molar-refractivity contribution in [3.8, 4) is 0 Å². The topological polar surface area (TPSA) is 12.9 Å². The van der Waals surface area contributed by atoms with Crippen LogP contribution in [0.2, 0.25) is 10.0 Å². The maximum Gasteiger partial charge on any atom is 0.106 e. The van der Waals surface area contributed by atoms with Gasteiger partial charge in [0.05, 0.1) is 15.6 Å². The summed E-state index contributed by atoms with van der Waals surface area (Å²) in [7, 11) is 0. The van der Waals surface area contributed by atoms with E-state index in [0.29, 0.717) is 10.0 Å². The number of fused-ring (bicyclic) bond motifs is 1. The largest absolute Gasteiger partial charge is 0.239 e. The second kappa shape index (κ2) is 3.45. The molecule has 1 aromatic carbocycles.